The molecule has 0 spiro atoms. The van der Waals surface area contributed by atoms with Gasteiger partial charge in [-0.25, -0.2) is 9.97 Å². The Kier molecular flexibility index (Phi) is 7.99. The summed E-state index contributed by atoms with van der Waals surface area (Å²) in [6.07, 6.45) is 5.33. The Morgan fingerprint density at radius 2 is 2.00 bits per heavy atom. The van der Waals surface area contributed by atoms with Gasteiger partial charge >= 0.3 is 0 Å². The molecule has 0 fully saturated rings. The average molecular weight is 546 g/mol. The van der Waals surface area contributed by atoms with Crippen molar-refractivity contribution in [2.75, 3.05) is 63.9 Å². The zero-order valence-corrected chi connectivity index (χ0v) is 23.9. The van der Waals surface area contributed by atoms with Crippen LogP contribution in [-0.4, -0.2) is 78.6 Å². The third-order valence-electron chi connectivity index (χ3n) is 7.21. The number of nitrogen functional groups attached to an aromatic ring is 1. The smallest absolute Gasteiger partial charge is 0.228 e. The van der Waals surface area contributed by atoms with Gasteiger partial charge in [-0.05, 0) is 45.5 Å². The van der Waals surface area contributed by atoms with E-state index < -0.39 is 6.10 Å². The van der Waals surface area contributed by atoms with Crippen LogP contribution in [0.5, 0.6) is 11.5 Å². The van der Waals surface area contributed by atoms with Gasteiger partial charge in [0, 0.05) is 49.9 Å². The lowest BCUT2D eigenvalue weighted by molar-refractivity contribution is 0.122. The lowest BCUT2D eigenvalue weighted by Gasteiger charge is -2.24. The summed E-state index contributed by atoms with van der Waals surface area (Å²) in [5.41, 5.74) is 12.9. The highest BCUT2D eigenvalue weighted by molar-refractivity contribution is 5.98. The van der Waals surface area contributed by atoms with Gasteiger partial charge in [-0.15, -0.1) is 0 Å². The number of ether oxygens (including phenoxy) is 2. The van der Waals surface area contributed by atoms with Crippen LogP contribution < -0.4 is 25.4 Å². The maximum absolute atomic E-state index is 9.88. The van der Waals surface area contributed by atoms with Crippen LogP contribution >= 0.6 is 0 Å². The van der Waals surface area contributed by atoms with Gasteiger partial charge in [0.05, 0.1) is 42.0 Å². The molecule has 10 nitrogen and oxygen atoms in total. The highest BCUT2D eigenvalue weighted by Crippen LogP contribution is 2.40. The Bertz CT molecular complexity index is 1500. The predicted octanol–water partition coefficient (Wildman–Crippen LogP) is 4.14. The molecule has 2 aromatic carbocycles. The molecule has 4 N–H and O–H groups in total. The van der Waals surface area contributed by atoms with E-state index >= 15 is 0 Å². The maximum atomic E-state index is 9.88. The molecular weight excluding hydrogens is 506 g/mol. The van der Waals surface area contributed by atoms with Crippen LogP contribution in [0, 0.1) is 0 Å². The normalized spacial score (nSPS) is 13.5. The van der Waals surface area contributed by atoms with Crippen LogP contribution in [0.1, 0.15) is 18.9 Å². The third kappa shape index (κ3) is 5.64. The van der Waals surface area contributed by atoms with Crippen LogP contribution in [0.15, 0.2) is 42.7 Å². The Morgan fingerprint density at radius 1 is 1.18 bits per heavy atom. The lowest BCUT2D eigenvalue weighted by atomic mass is 10.0. The molecule has 10 heteroatoms. The SMILES string of the molecule is COc1cc(N(C)CCN(C)C)c(N)cc1Nc1ncc(OCC(C)O)c(-c2cn3c4c(cccc24)CCC3)n1. The Hall–Kier alpha value is -4.02. The van der Waals surface area contributed by atoms with Gasteiger partial charge in [0.15, 0.2) is 5.75 Å². The molecule has 1 aliphatic rings. The van der Waals surface area contributed by atoms with Crippen molar-refractivity contribution in [2.45, 2.75) is 32.4 Å². The van der Waals surface area contributed by atoms with Crippen LogP contribution in [-0.2, 0) is 13.0 Å². The Morgan fingerprint density at radius 3 is 2.75 bits per heavy atom. The summed E-state index contributed by atoms with van der Waals surface area (Å²) in [7, 11) is 7.74. The van der Waals surface area contributed by atoms with Crippen molar-refractivity contribution in [1.29, 1.82) is 0 Å². The third-order valence-corrected chi connectivity index (χ3v) is 7.21. The molecule has 3 heterocycles. The zero-order chi connectivity index (χ0) is 28.4. The number of aliphatic hydroxyl groups excluding tert-OH is 1. The first-order valence-electron chi connectivity index (χ1n) is 13.6. The molecule has 4 aromatic rings. The van der Waals surface area contributed by atoms with Gasteiger partial charge < -0.3 is 40.0 Å². The number of benzene rings is 2. The van der Waals surface area contributed by atoms with Gasteiger partial charge in [0.25, 0.3) is 0 Å². The van der Waals surface area contributed by atoms with Gasteiger partial charge in [-0.2, -0.15) is 0 Å². The van der Waals surface area contributed by atoms with E-state index in [9.17, 15) is 5.11 Å². The topological polar surface area (TPSA) is 114 Å². The monoisotopic (exact) mass is 545 g/mol. The molecule has 1 atom stereocenters. The van der Waals surface area contributed by atoms with Crippen molar-refractivity contribution >= 4 is 33.9 Å². The molecular formula is C30H39N7O3. The van der Waals surface area contributed by atoms with Crippen molar-refractivity contribution in [3.05, 3.63) is 48.3 Å². The van der Waals surface area contributed by atoms with E-state index in [-0.39, 0.29) is 6.61 Å². The van der Waals surface area contributed by atoms with E-state index in [1.807, 2.05) is 33.3 Å². The van der Waals surface area contributed by atoms with E-state index in [2.05, 4.69) is 49.1 Å². The second kappa shape index (κ2) is 11.6. The lowest BCUT2D eigenvalue weighted by Crippen LogP contribution is -2.29. The van der Waals surface area contributed by atoms with Crippen molar-refractivity contribution < 1.29 is 14.6 Å². The molecule has 2 aromatic heterocycles. The molecule has 0 saturated heterocycles. The highest BCUT2D eigenvalue weighted by atomic mass is 16.5. The minimum atomic E-state index is -0.623. The van der Waals surface area contributed by atoms with Crippen molar-refractivity contribution in [3.63, 3.8) is 0 Å². The molecule has 0 saturated carbocycles. The fourth-order valence-electron chi connectivity index (χ4n) is 5.16. The first-order chi connectivity index (χ1) is 19.2. The maximum Gasteiger partial charge on any atom is 0.228 e. The van der Waals surface area contributed by atoms with E-state index in [0.717, 1.165) is 49.1 Å². The second-order valence-corrected chi connectivity index (χ2v) is 10.7. The molecule has 40 heavy (non-hydrogen) atoms. The van der Waals surface area contributed by atoms with Crippen molar-refractivity contribution in [3.8, 4) is 22.8 Å². The molecule has 1 aliphatic heterocycles. The van der Waals surface area contributed by atoms with Crippen LogP contribution in [0.2, 0.25) is 0 Å². The van der Waals surface area contributed by atoms with Crippen LogP contribution in [0.3, 0.4) is 0 Å². The number of nitrogens with zero attached hydrogens (tertiary/aromatic N) is 5. The van der Waals surface area contributed by atoms with Gasteiger partial charge in [-0.1, -0.05) is 18.2 Å². The molecule has 0 amide bonds. The molecule has 0 bridgehead atoms. The number of hydrogen-bond donors (Lipinski definition) is 3. The number of methoxy groups -OCH3 is 1. The van der Waals surface area contributed by atoms with E-state index in [1.54, 1.807) is 20.2 Å². The number of aryl methyl sites for hydroxylation is 2. The predicted molar refractivity (Wildman–Crippen MR) is 161 cm³/mol. The van der Waals surface area contributed by atoms with Gasteiger partial charge in [-0.3, -0.25) is 0 Å². The number of aliphatic hydroxyl groups is 1. The summed E-state index contributed by atoms with van der Waals surface area (Å²) in [4.78, 5) is 13.7. The number of hydrogen-bond acceptors (Lipinski definition) is 9. The first-order valence-corrected chi connectivity index (χ1v) is 13.6. The van der Waals surface area contributed by atoms with E-state index in [4.69, 9.17) is 20.2 Å². The Balaban J connectivity index is 1.53. The number of aromatic nitrogens is 3. The fourth-order valence-corrected chi connectivity index (χ4v) is 5.16. The summed E-state index contributed by atoms with van der Waals surface area (Å²) < 4.78 is 14.0. The summed E-state index contributed by atoms with van der Waals surface area (Å²) in [5.74, 6) is 1.53. The second-order valence-electron chi connectivity index (χ2n) is 10.7. The number of rotatable bonds is 11. The van der Waals surface area contributed by atoms with E-state index in [1.165, 1.54) is 11.1 Å². The molecule has 0 aliphatic carbocycles. The summed E-state index contributed by atoms with van der Waals surface area (Å²) >= 11 is 0. The van der Waals surface area contributed by atoms with Crippen LogP contribution in [0.25, 0.3) is 22.2 Å². The number of nitrogens with two attached hydrogens (primary N) is 1. The highest BCUT2D eigenvalue weighted by Gasteiger charge is 2.22. The Labute approximate surface area is 235 Å². The average Bonchev–Trinajstić information content (AvgIpc) is 3.31. The zero-order valence-electron chi connectivity index (χ0n) is 23.9. The number of nitrogens with one attached hydrogen (secondary N) is 1. The number of anilines is 4. The standard InChI is InChI=1S/C30H39N7O3/c1-19(38)18-40-27-16-32-30(33-24-14-23(31)25(15-26(24)39-5)36(4)13-12-35(2)3)34-28(27)22-17-37-11-7-9-20-8-6-10-21(22)29(20)37/h6,8,10,14-17,19,38H,7,9,11-13,18,31H2,1-5H3,(H,32,33,34). The van der Waals surface area contributed by atoms with Gasteiger partial charge in [0.2, 0.25) is 5.95 Å². The van der Waals surface area contributed by atoms with E-state index in [0.29, 0.717) is 34.5 Å². The molecule has 212 valence electrons. The van der Waals surface area contributed by atoms with Crippen molar-refractivity contribution in [2.24, 2.45) is 0 Å². The quantitative estimate of drug-likeness (QED) is 0.239. The molecule has 0 radical (unpaired) electrons. The summed E-state index contributed by atoms with van der Waals surface area (Å²) in [5, 5.41) is 14.3. The largest absolute Gasteiger partial charge is 0.494 e. The van der Waals surface area contributed by atoms with Gasteiger partial charge in [0.1, 0.15) is 18.1 Å². The minimum absolute atomic E-state index is 0.139. The molecule has 5 rings (SSSR count). The van der Waals surface area contributed by atoms with Crippen molar-refractivity contribution in [1.82, 2.24) is 19.4 Å². The summed E-state index contributed by atoms with van der Waals surface area (Å²) in [6.45, 7) is 4.51. The minimum Gasteiger partial charge on any atom is -0.494 e. The first kappa shape index (κ1) is 27.5. The fraction of sp³-hybridized carbons (Fsp3) is 0.400. The van der Waals surface area contributed by atoms with Crippen LogP contribution in [0.4, 0.5) is 23.0 Å². The number of likely N-dealkylation sites (N-methyl/N-ethyl adjacent to an activating group) is 2. The summed E-state index contributed by atoms with van der Waals surface area (Å²) in [6, 6.07) is 10.2. The number of para-hydroxylation sites is 1. The molecule has 1 unspecified atom stereocenters.